The molecule has 1 aliphatic rings. The van der Waals surface area contributed by atoms with Crippen molar-refractivity contribution in [3.05, 3.63) is 52.8 Å². The minimum Gasteiger partial charge on any atom is -0.504 e. The van der Waals surface area contributed by atoms with Gasteiger partial charge >= 0.3 is 6.18 Å². The van der Waals surface area contributed by atoms with Gasteiger partial charge in [0.05, 0.1) is 28.2 Å². The largest absolute Gasteiger partial charge is 0.504 e. The van der Waals surface area contributed by atoms with Crippen molar-refractivity contribution in [3.8, 4) is 23.6 Å². The summed E-state index contributed by atoms with van der Waals surface area (Å²) in [5.74, 6) is -1.91. The second-order valence-corrected chi connectivity index (χ2v) is 8.45. The van der Waals surface area contributed by atoms with Gasteiger partial charge in [-0.15, -0.1) is 0 Å². The number of halogens is 4. The van der Waals surface area contributed by atoms with Crippen molar-refractivity contribution < 1.29 is 42.2 Å². The van der Waals surface area contributed by atoms with Gasteiger partial charge in [-0.25, -0.2) is 12.9 Å². The highest BCUT2D eigenvalue weighted by Crippen LogP contribution is 2.32. The molecule has 0 aromatic heterocycles. The number of aromatic hydroxyl groups is 2. The summed E-state index contributed by atoms with van der Waals surface area (Å²) in [4.78, 5) is -0.0438. The molecule has 2 aromatic carbocycles. The minimum atomic E-state index is -4.59. The van der Waals surface area contributed by atoms with Gasteiger partial charge in [0.2, 0.25) is 0 Å². The number of phenols is 2. The van der Waals surface area contributed by atoms with Crippen molar-refractivity contribution >= 4 is 11.0 Å². The molecule has 0 spiro atoms. The summed E-state index contributed by atoms with van der Waals surface area (Å²) in [5, 5.41) is 53.7. The smallest absolute Gasteiger partial charge is 0.416 e. The maximum Gasteiger partial charge on any atom is 0.416 e. The second-order valence-electron chi connectivity index (χ2n) is 7.00. The molecule has 3 rings (SSSR count). The highest BCUT2D eigenvalue weighted by atomic mass is 32.2. The summed E-state index contributed by atoms with van der Waals surface area (Å²) < 4.78 is 64.1. The topological polar surface area (TPSA) is 149 Å². The van der Waals surface area contributed by atoms with Gasteiger partial charge in [0.25, 0.3) is 0 Å². The third-order valence-electron chi connectivity index (χ3n) is 4.63. The molecule has 13 heteroatoms. The van der Waals surface area contributed by atoms with Crippen LogP contribution in [0.1, 0.15) is 23.1 Å². The highest BCUT2D eigenvalue weighted by Gasteiger charge is 2.39. The van der Waals surface area contributed by atoms with Gasteiger partial charge in [-0.05, 0) is 24.6 Å². The van der Waals surface area contributed by atoms with E-state index in [1.54, 1.807) is 6.07 Å². The zero-order chi connectivity index (χ0) is 25.0. The first-order valence-corrected chi connectivity index (χ1v) is 10.2. The molecule has 33 heavy (non-hydrogen) atoms. The predicted octanol–water partition coefficient (Wildman–Crippen LogP) is 2.14. The van der Waals surface area contributed by atoms with Crippen molar-refractivity contribution in [3.63, 3.8) is 0 Å². The molecule has 0 radical (unpaired) electrons. The normalized spacial score (nSPS) is 19.2. The first kappa shape index (κ1) is 26.0. The van der Waals surface area contributed by atoms with Crippen molar-refractivity contribution in [1.29, 1.82) is 10.5 Å². The Hall–Kier alpha value is -3.23. The minimum absolute atomic E-state index is 0.0438. The summed E-state index contributed by atoms with van der Waals surface area (Å²) >= 11 is 0. The van der Waals surface area contributed by atoms with Crippen LogP contribution in [0, 0.1) is 28.5 Å². The summed E-state index contributed by atoms with van der Waals surface area (Å²) in [7, 11) is -1.88. The summed E-state index contributed by atoms with van der Waals surface area (Å²) in [6.45, 7) is -0.379. The van der Waals surface area contributed by atoms with Crippen LogP contribution in [0.4, 0.5) is 17.6 Å². The Balaban J connectivity index is 0.000000294. The number of alkyl halides is 3. The van der Waals surface area contributed by atoms with E-state index in [1.165, 1.54) is 10.4 Å². The van der Waals surface area contributed by atoms with Gasteiger partial charge in [-0.2, -0.15) is 23.7 Å². The van der Waals surface area contributed by atoms with Crippen LogP contribution in [0.2, 0.25) is 0 Å². The molecular formula is C20H17F4N3O5S. The quantitative estimate of drug-likeness (QED) is 0.383. The van der Waals surface area contributed by atoms with E-state index in [1.807, 2.05) is 0 Å². The molecule has 1 aliphatic heterocycles. The second kappa shape index (κ2) is 10.1. The number of phenolic OH excluding ortho intramolecular Hbond substituents is 2. The fourth-order valence-corrected chi connectivity index (χ4v) is 4.18. The Morgan fingerprint density at radius 2 is 1.70 bits per heavy atom. The molecule has 1 saturated heterocycles. The average Bonchev–Trinajstić information content (AvgIpc) is 3.18. The molecule has 0 aliphatic carbocycles. The van der Waals surface area contributed by atoms with E-state index < -0.39 is 52.2 Å². The van der Waals surface area contributed by atoms with E-state index in [0.29, 0.717) is 12.1 Å². The van der Waals surface area contributed by atoms with E-state index in [0.717, 1.165) is 18.2 Å². The Bertz CT molecular complexity index is 1150. The average molecular weight is 487 g/mol. The molecule has 1 heterocycles. The van der Waals surface area contributed by atoms with Crippen LogP contribution in [-0.4, -0.2) is 54.2 Å². The molecule has 1 fully saturated rings. The number of nitrogens with zero attached hydrogens (tertiary/aromatic N) is 3. The lowest BCUT2D eigenvalue weighted by Crippen LogP contribution is -2.37. The van der Waals surface area contributed by atoms with Crippen LogP contribution >= 0.6 is 0 Å². The number of nitriles is 2. The molecule has 176 valence electrons. The fourth-order valence-electron chi connectivity index (χ4n) is 2.81. The van der Waals surface area contributed by atoms with Gasteiger partial charge in [0, 0.05) is 25.2 Å². The lowest BCUT2D eigenvalue weighted by atomic mass is 10.1. The van der Waals surface area contributed by atoms with E-state index in [4.69, 9.17) is 25.8 Å². The van der Waals surface area contributed by atoms with Crippen LogP contribution in [0.5, 0.6) is 11.5 Å². The lowest BCUT2D eigenvalue weighted by Gasteiger charge is -2.20. The summed E-state index contributed by atoms with van der Waals surface area (Å²) in [5.41, 5.74) is -2.99. The van der Waals surface area contributed by atoms with Crippen LogP contribution in [0.3, 0.4) is 0 Å². The zero-order valence-corrected chi connectivity index (χ0v) is 17.5. The van der Waals surface area contributed by atoms with Crippen LogP contribution < -0.4 is 0 Å². The summed E-state index contributed by atoms with van der Waals surface area (Å²) in [6, 6.07) is 7.12. The molecular weight excluding hydrogens is 470 g/mol. The SMILES string of the molecule is N#Cc1cc(C(F)(F)F)ccc1S(=O)N1CCC(O)(CO)C1.N#Cc1cc(O)c(O)cc1F. The Kier molecular flexibility index (Phi) is 8.00. The maximum atomic E-state index is 12.6. The zero-order valence-electron chi connectivity index (χ0n) is 16.7. The Morgan fingerprint density at radius 1 is 1.09 bits per heavy atom. The monoisotopic (exact) mass is 487 g/mol. The van der Waals surface area contributed by atoms with Crippen LogP contribution in [-0.2, 0) is 17.2 Å². The number of benzene rings is 2. The molecule has 0 bridgehead atoms. The molecule has 4 N–H and O–H groups in total. The maximum absolute atomic E-state index is 12.6. The van der Waals surface area contributed by atoms with E-state index in [9.17, 15) is 26.9 Å². The third kappa shape index (κ3) is 6.18. The van der Waals surface area contributed by atoms with Crippen LogP contribution in [0.25, 0.3) is 0 Å². The molecule has 8 nitrogen and oxygen atoms in total. The van der Waals surface area contributed by atoms with Gasteiger partial charge in [0.15, 0.2) is 11.5 Å². The lowest BCUT2D eigenvalue weighted by molar-refractivity contribution is -0.137. The van der Waals surface area contributed by atoms with Crippen LogP contribution in [0.15, 0.2) is 35.2 Å². The first-order valence-electron chi connectivity index (χ1n) is 9.08. The number of hydrogen-bond acceptors (Lipinski definition) is 7. The van der Waals surface area contributed by atoms with Gasteiger partial charge in [-0.3, -0.25) is 0 Å². The molecule has 2 aromatic rings. The van der Waals surface area contributed by atoms with Gasteiger partial charge in [-0.1, -0.05) is 0 Å². The predicted molar refractivity (Wildman–Crippen MR) is 105 cm³/mol. The standard InChI is InChI=1S/C13H13F3N2O3S.C7H4FNO2/c14-13(15,16)10-1-2-11(9(5-10)6-17)22(21)18-4-3-12(20,7-18)8-19;8-5-2-7(11)6(10)1-4(5)3-9/h1-2,5,19-20H,3-4,7-8H2;1-2,10-11H. The third-order valence-corrected chi connectivity index (χ3v) is 6.14. The number of aliphatic hydroxyl groups excluding tert-OH is 1. The number of aliphatic hydroxyl groups is 2. The van der Waals surface area contributed by atoms with Gasteiger partial charge in [0.1, 0.15) is 34.5 Å². The molecule has 2 atom stereocenters. The molecule has 0 saturated carbocycles. The van der Waals surface area contributed by atoms with E-state index in [-0.39, 0.29) is 35.5 Å². The van der Waals surface area contributed by atoms with Gasteiger partial charge < -0.3 is 20.4 Å². The van der Waals surface area contributed by atoms with Crippen molar-refractivity contribution in [2.24, 2.45) is 0 Å². The van der Waals surface area contributed by atoms with Crippen molar-refractivity contribution in [2.75, 3.05) is 19.7 Å². The highest BCUT2D eigenvalue weighted by molar-refractivity contribution is 7.82. The number of rotatable bonds is 3. The molecule has 2 unspecified atom stereocenters. The Morgan fingerprint density at radius 3 is 2.21 bits per heavy atom. The number of β-amino-alcohol motifs (C(OH)–C–C–N with tert-alkyl or cyclic N) is 1. The van der Waals surface area contributed by atoms with E-state index >= 15 is 0 Å². The van der Waals surface area contributed by atoms with E-state index in [2.05, 4.69) is 0 Å². The summed E-state index contributed by atoms with van der Waals surface area (Å²) in [6.07, 6.45) is -4.39. The fraction of sp³-hybridized carbons (Fsp3) is 0.300. The van der Waals surface area contributed by atoms with Crippen molar-refractivity contribution in [2.45, 2.75) is 23.1 Å². The first-order chi connectivity index (χ1) is 15.3. The number of hydrogen-bond donors (Lipinski definition) is 4. The Labute approximate surface area is 187 Å². The molecule has 0 amide bonds. The van der Waals surface area contributed by atoms with Crippen molar-refractivity contribution in [1.82, 2.24) is 4.31 Å².